The second kappa shape index (κ2) is 6.72. The van der Waals surface area contributed by atoms with Crippen LogP contribution in [0.4, 0.5) is 0 Å². The fourth-order valence-electron chi connectivity index (χ4n) is 2.97. The van der Waals surface area contributed by atoms with Crippen LogP contribution in [0.1, 0.15) is 13.8 Å². The first-order valence-corrected chi connectivity index (χ1v) is 8.65. The first-order valence-electron chi connectivity index (χ1n) is 7.04. The van der Waals surface area contributed by atoms with Gasteiger partial charge in [0.15, 0.2) is 17.7 Å². The average Bonchev–Trinajstić information content (AvgIpc) is 2.96. The summed E-state index contributed by atoms with van der Waals surface area (Å²) in [5, 5.41) is 11.0. The van der Waals surface area contributed by atoms with E-state index in [1.165, 1.54) is 21.3 Å². The van der Waals surface area contributed by atoms with Gasteiger partial charge in [-0.25, -0.2) is 0 Å². The molecule has 2 rings (SSSR count). The van der Waals surface area contributed by atoms with Gasteiger partial charge in [-0.1, -0.05) is 0 Å². The molecule has 0 spiro atoms. The Hall–Kier alpha value is -0.610. The van der Waals surface area contributed by atoms with E-state index in [0.717, 1.165) is 0 Å². The summed E-state index contributed by atoms with van der Waals surface area (Å²) in [5.74, 6) is -0.905. The highest BCUT2D eigenvalue weighted by atomic mass is 31.2. The van der Waals surface area contributed by atoms with Crippen molar-refractivity contribution in [2.45, 2.75) is 49.9 Å². The first-order chi connectivity index (χ1) is 10.7. The summed E-state index contributed by atoms with van der Waals surface area (Å²) in [6.45, 7) is 2.76. The Labute approximate surface area is 134 Å². The molecular formula is C12H22NO9P. The summed E-state index contributed by atoms with van der Waals surface area (Å²) in [6, 6.07) is 0. The number of ether oxygens (including phenoxy) is 4. The number of nitro groups is 1. The quantitative estimate of drug-likeness (QED) is 0.375. The van der Waals surface area contributed by atoms with Crippen molar-refractivity contribution in [1.29, 1.82) is 0 Å². The average molecular weight is 355 g/mol. The van der Waals surface area contributed by atoms with Crippen LogP contribution >= 0.6 is 7.60 Å². The summed E-state index contributed by atoms with van der Waals surface area (Å²) >= 11 is 0. The third-order valence-electron chi connectivity index (χ3n) is 3.91. The van der Waals surface area contributed by atoms with Gasteiger partial charge in [0, 0.05) is 26.3 Å². The van der Waals surface area contributed by atoms with Crippen LogP contribution in [0.2, 0.25) is 0 Å². The van der Waals surface area contributed by atoms with Crippen LogP contribution in [0.15, 0.2) is 0 Å². The van der Waals surface area contributed by atoms with E-state index in [1.54, 1.807) is 13.8 Å². The van der Waals surface area contributed by atoms with E-state index in [4.69, 9.17) is 28.0 Å². The van der Waals surface area contributed by atoms with Crippen molar-refractivity contribution in [3.63, 3.8) is 0 Å². The molecule has 2 saturated heterocycles. The third kappa shape index (κ3) is 3.58. The van der Waals surface area contributed by atoms with Crippen molar-refractivity contribution in [3.05, 3.63) is 10.1 Å². The molecule has 134 valence electrons. The standard InChI is InChI=1S/C12H22NO9P/c1-12(2)21-9-8(20-11(17-3)10(9)22-12)7(6-13(14)15)23(16,18-4)19-5/h7-11H,6H2,1-5H3/t7-,8-,9+,10+,11+/m1/s1. The van der Waals surface area contributed by atoms with E-state index < -0.39 is 55.1 Å². The van der Waals surface area contributed by atoms with Crippen LogP contribution < -0.4 is 0 Å². The Morgan fingerprint density at radius 2 is 1.78 bits per heavy atom. The maximum Gasteiger partial charge on any atom is 0.342 e. The second-order valence-corrected chi connectivity index (χ2v) is 8.23. The molecule has 0 aliphatic carbocycles. The summed E-state index contributed by atoms with van der Waals surface area (Å²) in [4.78, 5) is 10.4. The van der Waals surface area contributed by atoms with Crippen molar-refractivity contribution in [2.24, 2.45) is 0 Å². The summed E-state index contributed by atoms with van der Waals surface area (Å²) in [5.41, 5.74) is -1.15. The molecule has 5 atom stereocenters. The van der Waals surface area contributed by atoms with Gasteiger partial charge in [-0.2, -0.15) is 0 Å². The summed E-state index contributed by atoms with van der Waals surface area (Å²) < 4.78 is 45.0. The minimum atomic E-state index is -3.78. The van der Waals surface area contributed by atoms with E-state index in [2.05, 4.69) is 0 Å². The van der Waals surface area contributed by atoms with Crippen LogP contribution in [0, 0.1) is 10.1 Å². The second-order valence-electron chi connectivity index (χ2n) is 5.76. The van der Waals surface area contributed by atoms with Gasteiger partial charge in [0.25, 0.3) is 0 Å². The molecule has 10 nitrogen and oxygen atoms in total. The van der Waals surface area contributed by atoms with E-state index in [-0.39, 0.29) is 0 Å². The first kappa shape index (κ1) is 18.7. The van der Waals surface area contributed by atoms with Gasteiger partial charge in [-0.15, -0.1) is 0 Å². The summed E-state index contributed by atoms with van der Waals surface area (Å²) in [6.07, 6.45) is -2.99. The smallest absolute Gasteiger partial charge is 0.342 e. The molecular weight excluding hydrogens is 333 g/mol. The lowest BCUT2D eigenvalue weighted by atomic mass is 10.1. The Balaban J connectivity index is 2.34. The molecule has 0 saturated carbocycles. The zero-order chi connectivity index (χ0) is 17.4. The van der Waals surface area contributed by atoms with Gasteiger partial charge in [-0.3, -0.25) is 14.7 Å². The van der Waals surface area contributed by atoms with E-state index in [1.807, 2.05) is 0 Å². The third-order valence-corrected chi connectivity index (χ3v) is 6.20. The topological polar surface area (TPSA) is 116 Å². The van der Waals surface area contributed by atoms with Gasteiger partial charge < -0.3 is 28.0 Å². The van der Waals surface area contributed by atoms with Crippen molar-refractivity contribution in [3.8, 4) is 0 Å². The normalized spacial score (nSPS) is 34.3. The Morgan fingerprint density at radius 1 is 1.22 bits per heavy atom. The lowest BCUT2D eigenvalue weighted by Gasteiger charge is -2.29. The Kier molecular flexibility index (Phi) is 5.47. The van der Waals surface area contributed by atoms with E-state index in [0.29, 0.717) is 0 Å². The molecule has 0 aromatic heterocycles. The number of rotatable bonds is 7. The van der Waals surface area contributed by atoms with Gasteiger partial charge >= 0.3 is 7.60 Å². The fourth-order valence-corrected chi connectivity index (χ4v) is 4.60. The van der Waals surface area contributed by atoms with Crippen molar-refractivity contribution in [1.82, 2.24) is 0 Å². The molecule has 0 radical (unpaired) electrons. The molecule has 0 unspecified atom stereocenters. The van der Waals surface area contributed by atoms with Crippen LogP contribution in [-0.4, -0.2) is 68.8 Å². The molecule has 2 fully saturated rings. The van der Waals surface area contributed by atoms with Crippen molar-refractivity contribution >= 4 is 7.60 Å². The molecule has 0 amide bonds. The monoisotopic (exact) mass is 355 g/mol. The molecule has 23 heavy (non-hydrogen) atoms. The van der Waals surface area contributed by atoms with Crippen molar-refractivity contribution in [2.75, 3.05) is 27.9 Å². The number of nitrogens with zero attached hydrogens (tertiary/aromatic N) is 1. The maximum atomic E-state index is 12.8. The minimum absolute atomic E-state index is 0.587. The van der Waals surface area contributed by atoms with Gasteiger partial charge in [-0.05, 0) is 13.8 Å². The maximum absolute atomic E-state index is 12.8. The predicted octanol–water partition coefficient (Wildman–Crippen LogP) is 1.01. The fraction of sp³-hybridized carbons (Fsp3) is 1.00. The zero-order valence-electron chi connectivity index (χ0n) is 13.7. The van der Waals surface area contributed by atoms with Gasteiger partial charge in [0.05, 0.1) is 0 Å². The molecule has 2 aliphatic rings. The highest BCUT2D eigenvalue weighted by Crippen LogP contribution is 2.56. The zero-order valence-corrected chi connectivity index (χ0v) is 14.6. The molecule has 11 heteroatoms. The van der Waals surface area contributed by atoms with Crippen LogP contribution in [0.5, 0.6) is 0 Å². The molecule has 0 aromatic rings. The Morgan fingerprint density at radius 3 is 2.26 bits per heavy atom. The van der Waals surface area contributed by atoms with Crippen LogP contribution in [0.3, 0.4) is 0 Å². The lowest BCUT2D eigenvalue weighted by Crippen LogP contribution is -2.42. The minimum Gasteiger partial charge on any atom is -0.353 e. The van der Waals surface area contributed by atoms with Gasteiger partial charge in [0.2, 0.25) is 6.54 Å². The summed E-state index contributed by atoms with van der Waals surface area (Å²) in [7, 11) is -0.00806. The predicted molar refractivity (Wildman–Crippen MR) is 76.8 cm³/mol. The number of fused-ring (bicyclic) bond motifs is 1. The lowest BCUT2D eigenvalue weighted by molar-refractivity contribution is -0.482. The number of hydrogen-bond acceptors (Lipinski definition) is 9. The molecule has 0 aromatic carbocycles. The molecule has 0 bridgehead atoms. The Bertz CT molecular complexity index is 491. The highest BCUT2D eigenvalue weighted by Gasteiger charge is 2.61. The van der Waals surface area contributed by atoms with E-state index >= 15 is 0 Å². The van der Waals surface area contributed by atoms with Crippen LogP contribution in [0.25, 0.3) is 0 Å². The molecule has 2 aliphatic heterocycles. The largest absolute Gasteiger partial charge is 0.353 e. The molecule has 2 heterocycles. The molecule has 0 N–H and O–H groups in total. The van der Waals surface area contributed by atoms with Gasteiger partial charge in [0.1, 0.15) is 18.3 Å². The van der Waals surface area contributed by atoms with E-state index in [9.17, 15) is 14.7 Å². The van der Waals surface area contributed by atoms with Crippen LogP contribution in [-0.2, 0) is 32.6 Å². The SMILES string of the molecule is CO[C@H]1O[C@H]([C@@H](C[N+](=O)[O-])P(=O)(OC)OC)[C@@H]2OC(C)(C)O[C@H]12. The highest BCUT2D eigenvalue weighted by molar-refractivity contribution is 7.54. The van der Waals surface area contributed by atoms with Crippen molar-refractivity contribution < 1.29 is 37.5 Å². The number of methoxy groups -OCH3 is 1. The number of hydrogen-bond donors (Lipinski definition) is 0.